The van der Waals surface area contributed by atoms with Crippen molar-refractivity contribution in [1.29, 1.82) is 0 Å². The molecule has 1 N–H and O–H groups in total. The monoisotopic (exact) mass is 312 g/mol. The fourth-order valence-electron chi connectivity index (χ4n) is 2.87. The summed E-state index contributed by atoms with van der Waals surface area (Å²) < 4.78 is 25.3. The highest BCUT2D eigenvalue weighted by molar-refractivity contribution is 7.89. The van der Waals surface area contributed by atoms with Crippen molar-refractivity contribution in [3.8, 4) is 0 Å². The van der Waals surface area contributed by atoms with Crippen LogP contribution in [0, 0.1) is 0 Å². The minimum Gasteiger partial charge on any atom is -0.395 e. The number of hydrogen-bond acceptors (Lipinski definition) is 4. The summed E-state index contributed by atoms with van der Waals surface area (Å²) in [5.41, 5.74) is 0.980. The van der Waals surface area contributed by atoms with E-state index in [0.29, 0.717) is 17.5 Å². The standard InChI is InChI=1S/C15H24N2O3S/c1-16(2)21(19,20)15-9-7-14(8-10-15)17(11-12-18)13-5-3-4-6-13/h7-10,13,18H,3-6,11-12H2,1-2H3. The van der Waals surface area contributed by atoms with Crippen LogP contribution in [0.15, 0.2) is 29.2 Å². The lowest BCUT2D eigenvalue weighted by molar-refractivity contribution is 0.297. The molecule has 0 bridgehead atoms. The molecule has 1 aromatic carbocycles. The number of aliphatic hydroxyl groups excluding tert-OH is 1. The van der Waals surface area contributed by atoms with Gasteiger partial charge in [0.2, 0.25) is 10.0 Å². The molecule has 1 aromatic rings. The molecule has 1 saturated carbocycles. The van der Waals surface area contributed by atoms with Gasteiger partial charge in [-0.05, 0) is 37.1 Å². The summed E-state index contributed by atoms with van der Waals surface area (Å²) in [4.78, 5) is 2.49. The third-order valence-electron chi connectivity index (χ3n) is 4.05. The van der Waals surface area contributed by atoms with Crippen molar-refractivity contribution < 1.29 is 13.5 Å². The van der Waals surface area contributed by atoms with E-state index in [0.717, 1.165) is 18.5 Å². The number of anilines is 1. The van der Waals surface area contributed by atoms with Crippen LogP contribution in [0.3, 0.4) is 0 Å². The largest absolute Gasteiger partial charge is 0.395 e. The van der Waals surface area contributed by atoms with Crippen molar-refractivity contribution in [2.45, 2.75) is 36.6 Å². The lowest BCUT2D eigenvalue weighted by atomic mass is 10.1. The molecule has 2 rings (SSSR count). The van der Waals surface area contributed by atoms with Crippen molar-refractivity contribution >= 4 is 15.7 Å². The Hall–Kier alpha value is -1.11. The van der Waals surface area contributed by atoms with Crippen molar-refractivity contribution in [2.75, 3.05) is 32.1 Å². The smallest absolute Gasteiger partial charge is 0.242 e. The Morgan fingerprint density at radius 2 is 1.71 bits per heavy atom. The molecule has 0 heterocycles. The molecule has 21 heavy (non-hydrogen) atoms. The highest BCUT2D eigenvalue weighted by Crippen LogP contribution is 2.29. The maximum absolute atomic E-state index is 12.1. The zero-order valence-corrected chi connectivity index (χ0v) is 13.5. The van der Waals surface area contributed by atoms with Crippen LogP contribution < -0.4 is 4.90 Å². The average Bonchev–Trinajstić information content (AvgIpc) is 2.98. The molecule has 1 aliphatic rings. The first-order valence-electron chi connectivity index (χ1n) is 7.37. The van der Waals surface area contributed by atoms with Crippen LogP contribution >= 0.6 is 0 Å². The molecule has 0 saturated heterocycles. The second kappa shape index (κ2) is 6.77. The number of aliphatic hydroxyl groups is 1. The van der Waals surface area contributed by atoms with Gasteiger partial charge in [-0.3, -0.25) is 0 Å². The molecule has 0 unspecified atom stereocenters. The minimum atomic E-state index is -3.39. The van der Waals surface area contributed by atoms with Crippen LogP contribution in [0.5, 0.6) is 0 Å². The van der Waals surface area contributed by atoms with Crippen molar-refractivity contribution in [2.24, 2.45) is 0 Å². The minimum absolute atomic E-state index is 0.105. The molecule has 0 atom stereocenters. The molecule has 0 radical (unpaired) electrons. The van der Waals surface area contributed by atoms with Crippen molar-refractivity contribution in [3.05, 3.63) is 24.3 Å². The number of hydrogen-bond donors (Lipinski definition) is 1. The van der Waals surface area contributed by atoms with E-state index in [2.05, 4.69) is 4.90 Å². The number of rotatable bonds is 6. The van der Waals surface area contributed by atoms with E-state index in [-0.39, 0.29) is 6.61 Å². The van der Waals surface area contributed by atoms with Gasteiger partial charge >= 0.3 is 0 Å². The van der Waals surface area contributed by atoms with Gasteiger partial charge in [-0.15, -0.1) is 0 Å². The highest BCUT2D eigenvalue weighted by Gasteiger charge is 2.23. The Kier molecular flexibility index (Phi) is 5.24. The summed E-state index contributed by atoms with van der Waals surface area (Å²) in [6.07, 6.45) is 4.72. The van der Waals surface area contributed by atoms with Gasteiger partial charge in [0.25, 0.3) is 0 Å². The van der Waals surface area contributed by atoms with Crippen LogP contribution in [-0.4, -0.2) is 51.1 Å². The predicted octanol–water partition coefficient (Wildman–Crippen LogP) is 1.68. The lowest BCUT2D eigenvalue weighted by Crippen LogP contribution is -2.35. The van der Waals surface area contributed by atoms with E-state index >= 15 is 0 Å². The van der Waals surface area contributed by atoms with Gasteiger partial charge in [0.05, 0.1) is 11.5 Å². The van der Waals surface area contributed by atoms with Gasteiger partial charge in [-0.1, -0.05) is 12.8 Å². The van der Waals surface area contributed by atoms with E-state index < -0.39 is 10.0 Å². The molecule has 1 aliphatic carbocycles. The van der Waals surface area contributed by atoms with Crippen LogP contribution in [0.4, 0.5) is 5.69 Å². The molecular weight excluding hydrogens is 288 g/mol. The van der Waals surface area contributed by atoms with Gasteiger partial charge in [0.1, 0.15) is 0 Å². The SMILES string of the molecule is CN(C)S(=O)(=O)c1ccc(N(CCO)C2CCCC2)cc1. The summed E-state index contributed by atoms with van der Waals surface area (Å²) in [6, 6.07) is 7.41. The Labute approximate surface area is 127 Å². The zero-order valence-electron chi connectivity index (χ0n) is 12.7. The third-order valence-corrected chi connectivity index (χ3v) is 5.88. The van der Waals surface area contributed by atoms with Crippen LogP contribution in [0.2, 0.25) is 0 Å². The Morgan fingerprint density at radius 1 is 1.14 bits per heavy atom. The first kappa shape index (κ1) is 16.3. The Balaban J connectivity index is 2.23. The number of benzene rings is 1. The Bertz CT molecular complexity index is 549. The van der Waals surface area contributed by atoms with Crippen molar-refractivity contribution in [3.63, 3.8) is 0 Å². The first-order valence-corrected chi connectivity index (χ1v) is 8.81. The molecule has 118 valence electrons. The maximum Gasteiger partial charge on any atom is 0.242 e. The molecular formula is C15H24N2O3S. The quantitative estimate of drug-likeness (QED) is 0.868. The van der Waals surface area contributed by atoms with Gasteiger partial charge in [0, 0.05) is 32.4 Å². The summed E-state index contributed by atoms with van der Waals surface area (Å²) in [5, 5.41) is 9.27. The second-order valence-electron chi connectivity index (χ2n) is 5.64. The first-order chi connectivity index (χ1) is 9.96. The maximum atomic E-state index is 12.1. The van der Waals surface area contributed by atoms with Crippen LogP contribution in [0.25, 0.3) is 0 Å². The Morgan fingerprint density at radius 3 is 2.19 bits per heavy atom. The van der Waals surface area contributed by atoms with Gasteiger partial charge < -0.3 is 10.0 Å². The topological polar surface area (TPSA) is 60.9 Å². The van der Waals surface area contributed by atoms with Crippen LogP contribution in [0.1, 0.15) is 25.7 Å². The highest BCUT2D eigenvalue weighted by atomic mass is 32.2. The van der Waals surface area contributed by atoms with Gasteiger partial charge in [-0.25, -0.2) is 12.7 Å². The number of nitrogens with zero attached hydrogens (tertiary/aromatic N) is 2. The second-order valence-corrected chi connectivity index (χ2v) is 7.79. The fourth-order valence-corrected chi connectivity index (χ4v) is 3.77. The zero-order chi connectivity index (χ0) is 15.5. The summed E-state index contributed by atoms with van der Waals surface area (Å²) >= 11 is 0. The molecule has 0 amide bonds. The third kappa shape index (κ3) is 3.56. The molecule has 6 heteroatoms. The molecule has 0 aromatic heterocycles. The molecule has 0 spiro atoms. The van der Waals surface area contributed by atoms with Gasteiger partial charge in [-0.2, -0.15) is 0 Å². The summed E-state index contributed by atoms with van der Waals surface area (Å²) in [7, 11) is -0.330. The normalized spacial score (nSPS) is 16.6. The van der Waals surface area contributed by atoms with Crippen molar-refractivity contribution in [1.82, 2.24) is 4.31 Å². The van der Waals surface area contributed by atoms with E-state index in [1.807, 2.05) is 12.1 Å². The lowest BCUT2D eigenvalue weighted by Gasteiger charge is -2.30. The van der Waals surface area contributed by atoms with E-state index in [1.54, 1.807) is 12.1 Å². The number of sulfonamides is 1. The summed E-state index contributed by atoms with van der Waals surface area (Å²) in [6.45, 7) is 0.693. The van der Waals surface area contributed by atoms with E-state index in [1.165, 1.54) is 31.2 Å². The predicted molar refractivity (Wildman–Crippen MR) is 84.0 cm³/mol. The average molecular weight is 312 g/mol. The summed E-state index contributed by atoms with van der Waals surface area (Å²) in [5.74, 6) is 0. The molecule has 0 aliphatic heterocycles. The molecule has 5 nitrogen and oxygen atoms in total. The van der Waals surface area contributed by atoms with E-state index in [4.69, 9.17) is 0 Å². The molecule has 1 fully saturated rings. The van der Waals surface area contributed by atoms with Gasteiger partial charge in [0.15, 0.2) is 0 Å². The van der Waals surface area contributed by atoms with E-state index in [9.17, 15) is 13.5 Å². The fraction of sp³-hybridized carbons (Fsp3) is 0.600. The van der Waals surface area contributed by atoms with Crippen LogP contribution in [-0.2, 0) is 10.0 Å².